The molecule has 26 heavy (non-hydrogen) atoms. The highest BCUT2D eigenvalue weighted by Gasteiger charge is 2.19. The van der Waals surface area contributed by atoms with Crippen LogP contribution in [0.3, 0.4) is 0 Å². The zero-order chi connectivity index (χ0) is 18.2. The Bertz CT molecular complexity index is 699. The molecule has 1 heterocycles. The summed E-state index contributed by atoms with van der Waals surface area (Å²) in [4.78, 5) is 18.2. The van der Waals surface area contributed by atoms with Crippen LogP contribution in [0.25, 0.3) is 0 Å². The van der Waals surface area contributed by atoms with Crippen molar-refractivity contribution >= 4 is 23.4 Å². The number of nitrogens with zero attached hydrogens (tertiary/aromatic N) is 2. The highest BCUT2D eigenvalue weighted by atomic mass is 32.2. The van der Waals surface area contributed by atoms with E-state index < -0.39 is 0 Å². The SMILES string of the molecule is CSc1ccccc1NC(=O)CN1CCN(CCc2ccccc2)CC1. The second kappa shape index (κ2) is 9.76. The van der Waals surface area contributed by atoms with Crippen LogP contribution in [0.1, 0.15) is 5.56 Å². The first-order valence-corrected chi connectivity index (χ1v) is 10.4. The van der Waals surface area contributed by atoms with E-state index in [-0.39, 0.29) is 5.91 Å². The van der Waals surface area contributed by atoms with Gasteiger partial charge in [-0.3, -0.25) is 9.69 Å². The van der Waals surface area contributed by atoms with Gasteiger partial charge in [-0.2, -0.15) is 0 Å². The lowest BCUT2D eigenvalue weighted by molar-refractivity contribution is -0.117. The molecular weight excluding hydrogens is 342 g/mol. The van der Waals surface area contributed by atoms with Gasteiger partial charge in [0.05, 0.1) is 12.2 Å². The number of rotatable bonds is 7. The molecule has 4 nitrogen and oxygen atoms in total. The van der Waals surface area contributed by atoms with Crippen LogP contribution in [-0.4, -0.2) is 61.2 Å². The van der Waals surface area contributed by atoms with Crippen LogP contribution < -0.4 is 5.32 Å². The Morgan fingerprint density at radius 1 is 0.962 bits per heavy atom. The summed E-state index contributed by atoms with van der Waals surface area (Å²) in [5.74, 6) is 0.0734. The molecule has 1 aliphatic heterocycles. The molecule has 1 saturated heterocycles. The van der Waals surface area contributed by atoms with Gasteiger partial charge in [-0.1, -0.05) is 42.5 Å². The maximum atomic E-state index is 12.4. The number of para-hydroxylation sites is 1. The quantitative estimate of drug-likeness (QED) is 0.760. The molecule has 1 amide bonds. The van der Waals surface area contributed by atoms with Crippen LogP contribution in [0, 0.1) is 0 Å². The van der Waals surface area contributed by atoms with Crippen molar-refractivity contribution in [2.75, 3.05) is 50.8 Å². The van der Waals surface area contributed by atoms with Crippen molar-refractivity contribution in [3.63, 3.8) is 0 Å². The fourth-order valence-corrected chi connectivity index (χ4v) is 3.80. The Kier molecular flexibility index (Phi) is 7.12. The van der Waals surface area contributed by atoms with Gasteiger partial charge in [0.25, 0.3) is 0 Å². The molecule has 0 spiro atoms. The van der Waals surface area contributed by atoms with E-state index in [1.54, 1.807) is 11.8 Å². The first-order chi connectivity index (χ1) is 12.7. The molecule has 0 saturated carbocycles. The number of anilines is 1. The number of piperazine rings is 1. The molecule has 3 rings (SSSR count). The Balaban J connectivity index is 1.40. The predicted octanol–water partition coefficient (Wildman–Crippen LogP) is 3.21. The predicted molar refractivity (Wildman–Crippen MR) is 110 cm³/mol. The summed E-state index contributed by atoms with van der Waals surface area (Å²) in [7, 11) is 0. The molecule has 1 aliphatic rings. The van der Waals surface area contributed by atoms with E-state index >= 15 is 0 Å². The number of thioether (sulfide) groups is 1. The highest BCUT2D eigenvalue weighted by molar-refractivity contribution is 7.98. The first-order valence-electron chi connectivity index (χ1n) is 9.16. The number of hydrogen-bond donors (Lipinski definition) is 1. The molecule has 1 N–H and O–H groups in total. The summed E-state index contributed by atoms with van der Waals surface area (Å²) < 4.78 is 0. The Morgan fingerprint density at radius 3 is 2.35 bits per heavy atom. The Morgan fingerprint density at radius 2 is 1.62 bits per heavy atom. The van der Waals surface area contributed by atoms with Crippen LogP contribution in [0.15, 0.2) is 59.5 Å². The fourth-order valence-electron chi connectivity index (χ4n) is 3.24. The summed E-state index contributed by atoms with van der Waals surface area (Å²) in [6.45, 7) is 5.52. The second-order valence-electron chi connectivity index (χ2n) is 6.60. The van der Waals surface area contributed by atoms with Crippen molar-refractivity contribution in [3.8, 4) is 0 Å². The largest absolute Gasteiger partial charge is 0.324 e. The van der Waals surface area contributed by atoms with Crippen molar-refractivity contribution in [1.29, 1.82) is 0 Å². The number of carbonyl (C=O) groups excluding carboxylic acids is 1. The van der Waals surface area contributed by atoms with Crippen LogP contribution >= 0.6 is 11.8 Å². The van der Waals surface area contributed by atoms with Crippen molar-refractivity contribution in [3.05, 3.63) is 60.2 Å². The van der Waals surface area contributed by atoms with Crippen LogP contribution in [0.4, 0.5) is 5.69 Å². The molecule has 2 aromatic carbocycles. The van der Waals surface area contributed by atoms with E-state index in [9.17, 15) is 4.79 Å². The summed E-state index contributed by atoms with van der Waals surface area (Å²) in [5, 5.41) is 3.05. The average Bonchev–Trinajstić information content (AvgIpc) is 2.68. The van der Waals surface area contributed by atoms with E-state index in [1.807, 2.05) is 30.5 Å². The van der Waals surface area contributed by atoms with Crippen molar-refractivity contribution < 1.29 is 4.79 Å². The number of benzene rings is 2. The van der Waals surface area contributed by atoms with Gasteiger partial charge in [0, 0.05) is 37.6 Å². The number of hydrogen-bond acceptors (Lipinski definition) is 4. The summed E-state index contributed by atoms with van der Waals surface area (Å²) >= 11 is 1.65. The normalized spacial score (nSPS) is 15.7. The first kappa shape index (κ1) is 19.0. The molecule has 0 bridgehead atoms. The summed E-state index contributed by atoms with van der Waals surface area (Å²) in [6, 6.07) is 18.6. The van der Waals surface area contributed by atoms with E-state index in [2.05, 4.69) is 45.4 Å². The minimum absolute atomic E-state index is 0.0734. The Hall–Kier alpha value is -1.82. The smallest absolute Gasteiger partial charge is 0.238 e. The molecular formula is C21H27N3OS. The number of amides is 1. The van der Waals surface area contributed by atoms with Gasteiger partial charge < -0.3 is 10.2 Å². The van der Waals surface area contributed by atoms with E-state index in [1.165, 1.54) is 5.56 Å². The summed E-state index contributed by atoms with van der Waals surface area (Å²) in [5.41, 5.74) is 2.30. The molecule has 0 aromatic heterocycles. The third kappa shape index (κ3) is 5.59. The fraction of sp³-hybridized carbons (Fsp3) is 0.381. The van der Waals surface area contributed by atoms with Gasteiger partial charge in [0.1, 0.15) is 0 Å². The minimum Gasteiger partial charge on any atom is -0.324 e. The average molecular weight is 370 g/mol. The van der Waals surface area contributed by atoms with Crippen molar-refractivity contribution in [1.82, 2.24) is 9.80 Å². The topological polar surface area (TPSA) is 35.6 Å². The van der Waals surface area contributed by atoms with E-state index in [0.29, 0.717) is 6.54 Å². The lowest BCUT2D eigenvalue weighted by Crippen LogP contribution is -2.49. The van der Waals surface area contributed by atoms with Crippen LogP contribution in [0.2, 0.25) is 0 Å². The van der Waals surface area contributed by atoms with Gasteiger partial charge >= 0.3 is 0 Å². The lowest BCUT2D eigenvalue weighted by atomic mass is 10.1. The molecule has 0 atom stereocenters. The monoisotopic (exact) mass is 369 g/mol. The van der Waals surface area contributed by atoms with Gasteiger partial charge in [-0.05, 0) is 30.4 Å². The standard InChI is InChI=1S/C21H27N3OS/c1-26-20-10-6-5-9-19(20)22-21(25)17-24-15-13-23(14-16-24)12-11-18-7-3-2-4-8-18/h2-10H,11-17H2,1H3,(H,22,25). The molecule has 138 valence electrons. The summed E-state index contributed by atoms with van der Waals surface area (Å²) in [6.07, 6.45) is 3.12. The van der Waals surface area contributed by atoms with Gasteiger partial charge in [-0.15, -0.1) is 11.8 Å². The minimum atomic E-state index is 0.0734. The number of nitrogens with one attached hydrogen (secondary N) is 1. The molecule has 1 fully saturated rings. The van der Waals surface area contributed by atoms with E-state index in [0.717, 1.165) is 49.7 Å². The molecule has 0 unspecified atom stereocenters. The second-order valence-corrected chi connectivity index (χ2v) is 7.45. The van der Waals surface area contributed by atoms with Gasteiger partial charge in [0.15, 0.2) is 0 Å². The van der Waals surface area contributed by atoms with Gasteiger partial charge in [0.2, 0.25) is 5.91 Å². The zero-order valence-electron chi connectivity index (χ0n) is 15.4. The zero-order valence-corrected chi connectivity index (χ0v) is 16.2. The molecule has 0 radical (unpaired) electrons. The van der Waals surface area contributed by atoms with E-state index in [4.69, 9.17) is 0 Å². The molecule has 0 aliphatic carbocycles. The van der Waals surface area contributed by atoms with Crippen molar-refractivity contribution in [2.24, 2.45) is 0 Å². The van der Waals surface area contributed by atoms with Crippen molar-refractivity contribution in [2.45, 2.75) is 11.3 Å². The Labute approximate surface area is 160 Å². The third-order valence-corrected chi connectivity index (χ3v) is 5.57. The van der Waals surface area contributed by atoms with Crippen LogP contribution in [0.5, 0.6) is 0 Å². The molecule has 5 heteroatoms. The van der Waals surface area contributed by atoms with Gasteiger partial charge in [-0.25, -0.2) is 0 Å². The van der Waals surface area contributed by atoms with Crippen LogP contribution in [-0.2, 0) is 11.2 Å². The molecule has 2 aromatic rings. The highest BCUT2D eigenvalue weighted by Crippen LogP contribution is 2.24. The lowest BCUT2D eigenvalue weighted by Gasteiger charge is -2.34. The third-order valence-electron chi connectivity index (χ3n) is 4.77. The maximum Gasteiger partial charge on any atom is 0.238 e. The number of carbonyl (C=O) groups is 1. The maximum absolute atomic E-state index is 12.4.